The Kier molecular flexibility index (Phi) is 7.04. The molecule has 0 heterocycles. The molecule has 29 heavy (non-hydrogen) atoms. The fourth-order valence-electron chi connectivity index (χ4n) is 4.34. The van der Waals surface area contributed by atoms with E-state index in [-0.39, 0.29) is 18.4 Å². The number of allylic oxidation sites excluding steroid dienone is 2. The van der Waals surface area contributed by atoms with Gasteiger partial charge in [-0.1, -0.05) is 24.3 Å². The molecule has 0 radical (unpaired) electrons. The van der Waals surface area contributed by atoms with Gasteiger partial charge < -0.3 is 24.1 Å². The van der Waals surface area contributed by atoms with E-state index in [0.717, 1.165) is 18.4 Å². The van der Waals surface area contributed by atoms with Crippen molar-refractivity contribution in [1.82, 2.24) is 0 Å². The third-order valence-corrected chi connectivity index (χ3v) is 5.76. The van der Waals surface area contributed by atoms with Gasteiger partial charge in [0.05, 0.1) is 28.4 Å². The first-order valence-electron chi connectivity index (χ1n) is 9.88. The molecule has 1 aliphatic rings. The van der Waals surface area contributed by atoms with Crippen LogP contribution < -0.4 is 18.9 Å². The monoisotopic (exact) mass is 398 g/mol. The molecule has 5 nitrogen and oxygen atoms in total. The maximum Gasteiger partial charge on any atom is 0.161 e. The van der Waals surface area contributed by atoms with Gasteiger partial charge in [0.1, 0.15) is 0 Å². The third kappa shape index (κ3) is 4.35. The van der Waals surface area contributed by atoms with E-state index in [4.69, 9.17) is 18.9 Å². The summed E-state index contributed by atoms with van der Waals surface area (Å²) in [6, 6.07) is 12.2. The van der Waals surface area contributed by atoms with Crippen molar-refractivity contribution in [2.24, 2.45) is 5.92 Å². The number of hydrogen-bond donors (Lipinski definition) is 1. The lowest BCUT2D eigenvalue weighted by atomic mass is 9.68. The SMILES string of the molecule is COc1ccc([C@H]2[C@H](CCO)CC=C[C@@H]2c2ccc(OC)c(OC)c2)cc1OC. The average molecular weight is 398 g/mol. The van der Waals surface area contributed by atoms with Crippen LogP contribution in [0.15, 0.2) is 48.6 Å². The van der Waals surface area contributed by atoms with Crippen LogP contribution in [0.5, 0.6) is 23.0 Å². The lowest BCUT2D eigenvalue weighted by Gasteiger charge is -2.36. The molecule has 0 amide bonds. The summed E-state index contributed by atoms with van der Waals surface area (Å²) in [5.41, 5.74) is 2.33. The maximum atomic E-state index is 9.67. The topological polar surface area (TPSA) is 57.2 Å². The first-order chi connectivity index (χ1) is 14.2. The first kappa shape index (κ1) is 21.1. The van der Waals surface area contributed by atoms with Crippen LogP contribution in [0, 0.1) is 5.92 Å². The highest BCUT2D eigenvalue weighted by Gasteiger charge is 2.33. The molecule has 156 valence electrons. The second-order valence-electron chi connectivity index (χ2n) is 7.22. The minimum absolute atomic E-state index is 0.151. The molecule has 1 N–H and O–H groups in total. The van der Waals surface area contributed by atoms with Crippen molar-refractivity contribution in [3.63, 3.8) is 0 Å². The summed E-state index contributed by atoms with van der Waals surface area (Å²) in [5, 5.41) is 9.67. The quantitative estimate of drug-likeness (QED) is 0.661. The number of rotatable bonds is 8. The molecule has 0 bridgehead atoms. The van der Waals surface area contributed by atoms with Crippen LogP contribution in [0.4, 0.5) is 0 Å². The number of benzene rings is 2. The lowest BCUT2D eigenvalue weighted by Crippen LogP contribution is -2.23. The van der Waals surface area contributed by atoms with Gasteiger partial charge in [-0.15, -0.1) is 0 Å². The molecular weight excluding hydrogens is 368 g/mol. The van der Waals surface area contributed by atoms with Crippen LogP contribution in [-0.4, -0.2) is 40.2 Å². The molecule has 0 spiro atoms. The van der Waals surface area contributed by atoms with Crippen molar-refractivity contribution in [3.05, 3.63) is 59.7 Å². The molecule has 0 aromatic heterocycles. The Balaban J connectivity index is 2.07. The zero-order valence-corrected chi connectivity index (χ0v) is 17.6. The fraction of sp³-hybridized carbons (Fsp3) is 0.417. The summed E-state index contributed by atoms with van der Waals surface area (Å²) in [6.45, 7) is 0.168. The smallest absolute Gasteiger partial charge is 0.161 e. The molecule has 2 aromatic carbocycles. The number of aliphatic hydroxyl groups is 1. The predicted octanol–water partition coefficient (Wildman–Crippen LogP) is 4.55. The number of ether oxygens (including phenoxy) is 4. The van der Waals surface area contributed by atoms with E-state index >= 15 is 0 Å². The molecule has 0 saturated heterocycles. The minimum Gasteiger partial charge on any atom is -0.493 e. The van der Waals surface area contributed by atoms with Crippen LogP contribution in [0.25, 0.3) is 0 Å². The standard InChI is InChI=1S/C24H30O5/c1-26-20-10-8-17(14-22(20)28-3)19-7-5-6-16(12-13-25)24(19)18-9-11-21(27-2)23(15-18)29-4/h5,7-11,14-16,19,24-25H,6,12-13H2,1-4H3/t16-,19+,24+/m0/s1. The van der Waals surface area contributed by atoms with Gasteiger partial charge in [-0.25, -0.2) is 0 Å². The second kappa shape index (κ2) is 9.70. The van der Waals surface area contributed by atoms with Crippen molar-refractivity contribution < 1.29 is 24.1 Å². The van der Waals surface area contributed by atoms with E-state index in [1.165, 1.54) is 5.56 Å². The van der Waals surface area contributed by atoms with E-state index in [9.17, 15) is 5.11 Å². The summed E-state index contributed by atoms with van der Waals surface area (Å²) in [5.74, 6) is 3.53. The summed E-state index contributed by atoms with van der Waals surface area (Å²) in [7, 11) is 6.59. The van der Waals surface area contributed by atoms with E-state index in [0.29, 0.717) is 28.9 Å². The lowest BCUT2D eigenvalue weighted by molar-refractivity contribution is 0.233. The van der Waals surface area contributed by atoms with Gasteiger partial charge in [0.15, 0.2) is 23.0 Å². The van der Waals surface area contributed by atoms with Crippen LogP contribution in [0.3, 0.4) is 0 Å². The van der Waals surface area contributed by atoms with E-state index in [2.05, 4.69) is 30.4 Å². The van der Waals surface area contributed by atoms with Gasteiger partial charge in [-0.05, 0) is 60.1 Å². The third-order valence-electron chi connectivity index (χ3n) is 5.76. The van der Waals surface area contributed by atoms with Gasteiger partial charge in [-0.2, -0.15) is 0 Å². The molecule has 0 saturated carbocycles. The number of aliphatic hydroxyl groups excluding tert-OH is 1. The molecular formula is C24H30O5. The van der Waals surface area contributed by atoms with Gasteiger partial charge >= 0.3 is 0 Å². The maximum absolute atomic E-state index is 9.67. The van der Waals surface area contributed by atoms with Gasteiger partial charge in [0, 0.05) is 12.5 Å². The Bertz CT molecular complexity index is 845. The Morgan fingerprint density at radius 1 is 0.793 bits per heavy atom. The summed E-state index contributed by atoms with van der Waals surface area (Å²) >= 11 is 0. The highest BCUT2D eigenvalue weighted by molar-refractivity contribution is 5.49. The Labute approximate surface area is 172 Å². The molecule has 3 rings (SSSR count). The Hall–Kier alpha value is -2.66. The van der Waals surface area contributed by atoms with Crippen molar-refractivity contribution in [3.8, 4) is 23.0 Å². The fourth-order valence-corrected chi connectivity index (χ4v) is 4.34. The largest absolute Gasteiger partial charge is 0.493 e. The molecule has 0 aliphatic heterocycles. The van der Waals surface area contributed by atoms with E-state index in [1.807, 2.05) is 18.2 Å². The number of hydrogen-bond acceptors (Lipinski definition) is 5. The van der Waals surface area contributed by atoms with Crippen LogP contribution in [0.2, 0.25) is 0 Å². The highest BCUT2D eigenvalue weighted by atomic mass is 16.5. The van der Waals surface area contributed by atoms with Crippen LogP contribution in [0.1, 0.15) is 35.8 Å². The molecule has 5 heteroatoms. The Morgan fingerprint density at radius 3 is 1.90 bits per heavy atom. The van der Waals surface area contributed by atoms with E-state index in [1.54, 1.807) is 28.4 Å². The minimum atomic E-state index is 0.151. The normalized spacial score (nSPS) is 20.9. The molecule has 3 atom stereocenters. The van der Waals surface area contributed by atoms with Crippen LogP contribution >= 0.6 is 0 Å². The molecule has 1 aliphatic carbocycles. The van der Waals surface area contributed by atoms with Gasteiger partial charge in [0.25, 0.3) is 0 Å². The van der Waals surface area contributed by atoms with Crippen molar-refractivity contribution >= 4 is 0 Å². The second-order valence-corrected chi connectivity index (χ2v) is 7.22. The van der Waals surface area contributed by atoms with Gasteiger partial charge in [0.2, 0.25) is 0 Å². The molecule has 0 unspecified atom stereocenters. The van der Waals surface area contributed by atoms with Crippen LogP contribution in [-0.2, 0) is 0 Å². The summed E-state index contributed by atoms with van der Waals surface area (Å²) < 4.78 is 21.9. The zero-order valence-electron chi connectivity index (χ0n) is 17.6. The highest BCUT2D eigenvalue weighted by Crippen LogP contribution is 2.48. The first-order valence-corrected chi connectivity index (χ1v) is 9.88. The van der Waals surface area contributed by atoms with Crippen molar-refractivity contribution in [2.45, 2.75) is 24.7 Å². The summed E-state index contributed by atoms with van der Waals surface area (Å²) in [6.07, 6.45) is 6.16. The summed E-state index contributed by atoms with van der Waals surface area (Å²) in [4.78, 5) is 0. The average Bonchev–Trinajstić information content (AvgIpc) is 2.78. The van der Waals surface area contributed by atoms with Gasteiger partial charge in [-0.3, -0.25) is 0 Å². The zero-order chi connectivity index (χ0) is 20.8. The molecule has 2 aromatic rings. The van der Waals surface area contributed by atoms with Crippen molar-refractivity contribution in [2.75, 3.05) is 35.0 Å². The Morgan fingerprint density at radius 2 is 1.34 bits per heavy atom. The van der Waals surface area contributed by atoms with Crippen molar-refractivity contribution in [1.29, 1.82) is 0 Å². The molecule has 0 fully saturated rings. The number of methoxy groups -OCH3 is 4. The predicted molar refractivity (Wildman–Crippen MR) is 114 cm³/mol. The van der Waals surface area contributed by atoms with E-state index < -0.39 is 0 Å².